The lowest BCUT2D eigenvalue weighted by atomic mass is 10.3. The van der Waals surface area contributed by atoms with Gasteiger partial charge in [0.05, 0.1) is 12.4 Å². The largest absolute Gasteiger partial charge is 0.496 e. The average Bonchev–Trinajstić information content (AvgIpc) is 1.99. The van der Waals surface area contributed by atoms with Gasteiger partial charge in [0.15, 0.2) is 0 Å². The molecule has 0 aliphatic rings. The molecule has 0 saturated carbocycles. The van der Waals surface area contributed by atoms with E-state index in [1.807, 2.05) is 20.8 Å². The van der Waals surface area contributed by atoms with E-state index in [1.165, 1.54) is 0 Å². The second-order valence-electron chi connectivity index (χ2n) is 2.70. The van der Waals surface area contributed by atoms with Crippen LogP contribution in [0.5, 0.6) is 0 Å². The molecule has 1 atom stereocenters. The number of aliphatic hydroxyl groups is 2. The van der Waals surface area contributed by atoms with E-state index in [2.05, 4.69) is 0 Å². The Balaban J connectivity index is 3.63. The predicted octanol–water partition coefficient (Wildman–Crippen LogP) is 0.670. The molecule has 3 heteroatoms. The summed E-state index contributed by atoms with van der Waals surface area (Å²) < 4.78 is 5.13. The van der Waals surface area contributed by atoms with Crippen LogP contribution in [0.1, 0.15) is 20.8 Å². The van der Waals surface area contributed by atoms with Crippen LogP contribution in [0.3, 0.4) is 0 Å². The fraction of sp³-hybridized carbons (Fsp3) is 0.750. The van der Waals surface area contributed by atoms with Gasteiger partial charge in [-0.2, -0.15) is 0 Å². The van der Waals surface area contributed by atoms with Gasteiger partial charge in [-0.25, -0.2) is 0 Å². The van der Waals surface area contributed by atoms with Gasteiger partial charge in [-0.3, -0.25) is 0 Å². The molecule has 0 bridgehead atoms. The van der Waals surface area contributed by atoms with Crippen LogP contribution < -0.4 is 0 Å². The van der Waals surface area contributed by atoms with Crippen LogP contribution in [0.15, 0.2) is 11.3 Å². The number of rotatable bonds is 4. The Hall–Kier alpha value is -0.540. The molecule has 0 aromatic rings. The van der Waals surface area contributed by atoms with Crippen molar-refractivity contribution in [3.63, 3.8) is 0 Å². The van der Waals surface area contributed by atoms with Gasteiger partial charge in [-0.1, -0.05) is 0 Å². The highest BCUT2D eigenvalue weighted by atomic mass is 16.5. The van der Waals surface area contributed by atoms with Crippen LogP contribution in [0.2, 0.25) is 0 Å². The average molecular weight is 160 g/mol. The number of ether oxygens (including phenoxy) is 1. The molecule has 0 heterocycles. The number of allylic oxidation sites excluding steroid dienone is 2. The van der Waals surface area contributed by atoms with Crippen LogP contribution in [0.25, 0.3) is 0 Å². The molecule has 0 aliphatic heterocycles. The van der Waals surface area contributed by atoms with Crippen molar-refractivity contribution >= 4 is 0 Å². The van der Waals surface area contributed by atoms with Crippen LogP contribution in [0.4, 0.5) is 0 Å². The summed E-state index contributed by atoms with van der Waals surface area (Å²) in [6, 6.07) is 0. The topological polar surface area (TPSA) is 49.7 Å². The van der Waals surface area contributed by atoms with E-state index in [1.54, 1.807) is 0 Å². The SMILES string of the molecule is CC(C)=C(C)OCC(O)CO. The van der Waals surface area contributed by atoms with Gasteiger partial charge in [0.1, 0.15) is 12.7 Å². The summed E-state index contributed by atoms with van der Waals surface area (Å²) in [6.45, 7) is 5.60. The van der Waals surface area contributed by atoms with Crippen LogP contribution in [-0.4, -0.2) is 29.5 Å². The maximum atomic E-state index is 8.89. The Kier molecular flexibility index (Phi) is 4.90. The third-order valence-electron chi connectivity index (χ3n) is 1.41. The Labute approximate surface area is 67.3 Å². The summed E-state index contributed by atoms with van der Waals surface area (Å²) in [5.41, 5.74) is 1.08. The first kappa shape index (κ1) is 10.5. The second kappa shape index (κ2) is 5.16. The van der Waals surface area contributed by atoms with E-state index in [4.69, 9.17) is 14.9 Å². The van der Waals surface area contributed by atoms with Crippen LogP contribution in [0, 0.1) is 0 Å². The molecular formula is C8H16O3. The van der Waals surface area contributed by atoms with Crippen molar-refractivity contribution in [2.75, 3.05) is 13.2 Å². The first-order chi connectivity index (χ1) is 5.07. The molecule has 0 saturated heterocycles. The Morgan fingerprint density at radius 2 is 1.91 bits per heavy atom. The Morgan fingerprint density at radius 1 is 1.36 bits per heavy atom. The molecule has 0 amide bonds. The molecule has 3 nitrogen and oxygen atoms in total. The van der Waals surface area contributed by atoms with E-state index in [0.29, 0.717) is 0 Å². The zero-order chi connectivity index (χ0) is 8.85. The Bertz CT molecular complexity index is 136. The molecule has 0 fully saturated rings. The zero-order valence-corrected chi connectivity index (χ0v) is 7.29. The predicted molar refractivity (Wildman–Crippen MR) is 43.1 cm³/mol. The van der Waals surface area contributed by atoms with Crippen molar-refractivity contribution < 1.29 is 14.9 Å². The maximum absolute atomic E-state index is 8.89. The minimum absolute atomic E-state index is 0.160. The summed E-state index contributed by atoms with van der Waals surface area (Å²) in [5, 5.41) is 17.3. The van der Waals surface area contributed by atoms with Gasteiger partial charge in [0.2, 0.25) is 0 Å². The quantitative estimate of drug-likeness (QED) is 0.594. The summed E-state index contributed by atoms with van der Waals surface area (Å²) in [4.78, 5) is 0. The molecule has 11 heavy (non-hydrogen) atoms. The zero-order valence-electron chi connectivity index (χ0n) is 7.29. The highest BCUT2D eigenvalue weighted by Gasteiger charge is 2.02. The normalized spacial score (nSPS) is 12.5. The smallest absolute Gasteiger partial charge is 0.116 e. The van der Waals surface area contributed by atoms with Gasteiger partial charge in [-0.15, -0.1) is 0 Å². The molecule has 66 valence electrons. The molecule has 0 aliphatic carbocycles. The van der Waals surface area contributed by atoms with E-state index >= 15 is 0 Å². The monoisotopic (exact) mass is 160 g/mol. The minimum Gasteiger partial charge on any atom is -0.496 e. The number of aliphatic hydroxyl groups excluding tert-OH is 2. The summed E-state index contributed by atoms with van der Waals surface area (Å²) in [6.07, 6.45) is -0.774. The third kappa shape index (κ3) is 4.81. The van der Waals surface area contributed by atoms with Crippen molar-refractivity contribution in [1.82, 2.24) is 0 Å². The molecule has 2 N–H and O–H groups in total. The van der Waals surface area contributed by atoms with Crippen molar-refractivity contribution in [2.45, 2.75) is 26.9 Å². The molecule has 0 aromatic carbocycles. The highest BCUT2D eigenvalue weighted by molar-refractivity contribution is 4.98. The lowest BCUT2D eigenvalue weighted by molar-refractivity contribution is 0.0299. The highest BCUT2D eigenvalue weighted by Crippen LogP contribution is 2.03. The van der Waals surface area contributed by atoms with E-state index in [-0.39, 0.29) is 13.2 Å². The lowest BCUT2D eigenvalue weighted by Gasteiger charge is -2.10. The van der Waals surface area contributed by atoms with E-state index < -0.39 is 6.10 Å². The van der Waals surface area contributed by atoms with Gasteiger partial charge in [0.25, 0.3) is 0 Å². The minimum atomic E-state index is -0.774. The molecule has 0 radical (unpaired) electrons. The van der Waals surface area contributed by atoms with Crippen LogP contribution >= 0.6 is 0 Å². The van der Waals surface area contributed by atoms with Gasteiger partial charge in [-0.05, 0) is 26.3 Å². The molecule has 0 rings (SSSR count). The number of hydrogen-bond donors (Lipinski definition) is 2. The fourth-order valence-corrected chi connectivity index (χ4v) is 0.418. The molecule has 0 spiro atoms. The Morgan fingerprint density at radius 3 is 2.27 bits per heavy atom. The fourth-order valence-electron chi connectivity index (χ4n) is 0.418. The van der Waals surface area contributed by atoms with E-state index in [9.17, 15) is 0 Å². The molecular weight excluding hydrogens is 144 g/mol. The lowest BCUT2D eigenvalue weighted by Crippen LogP contribution is -2.18. The second-order valence-corrected chi connectivity index (χ2v) is 2.70. The summed E-state index contributed by atoms with van der Waals surface area (Å²) >= 11 is 0. The van der Waals surface area contributed by atoms with Gasteiger partial charge >= 0.3 is 0 Å². The summed E-state index contributed by atoms with van der Waals surface area (Å²) in [7, 11) is 0. The number of hydrogen-bond acceptors (Lipinski definition) is 3. The standard InChI is InChI=1S/C8H16O3/c1-6(2)7(3)11-5-8(10)4-9/h8-10H,4-5H2,1-3H3. The van der Waals surface area contributed by atoms with Gasteiger partial charge in [0, 0.05) is 0 Å². The van der Waals surface area contributed by atoms with Crippen molar-refractivity contribution in [3.8, 4) is 0 Å². The molecule has 0 aromatic heterocycles. The van der Waals surface area contributed by atoms with E-state index in [0.717, 1.165) is 11.3 Å². The van der Waals surface area contributed by atoms with Crippen molar-refractivity contribution in [2.24, 2.45) is 0 Å². The van der Waals surface area contributed by atoms with Gasteiger partial charge < -0.3 is 14.9 Å². The van der Waals surface area contributed by atoms with Crippen LogP contribution in [-0.2, 0) is 4.74 Å². The van der Waals surface area contributed by atoms with Crippen molar-refractivity contribution in [1.29, 1.82) is 0 Å². The summed E-state index contributed by atoms with van der Waals surface area (Å²) in [5.74, 6) is 0.803. The maximum Gasteiger partial charge on any atom is 0.116 e. The first-order valence-corrected chi connectivity index (χ1v) is 3.63. The molecule has 1 unspecified atom stereocenters. The third-order valence-corrected chi connectivity index (χ3v) is 1.41. The first-order valence-electron chi connectivity index (χ1n) is 3.63. The van der Waals surface area contributed by atoms with Crippen molar-refractivity contribution in [3.05, 3.63) is 11.3 Å².